The third-order valence-electron chi connectivity index (χ3n) is 3.10. The maximum absolute atomic E-state index is 3.88. The monoisotopic (exact) mass is 222 g/mol. The summed E-state index contributed by atoms with van der Waals surface area (Å²) >= 11 is 0. The van der Waals surface area contributed by atoms with E-state index in [1.165, 1.54) is 27.8 Å². The highest BCUT2D eigenvalue weighted by molar-refractivity contribution is 5.75. The molecule has 0 heteroatoms. The van der Waals surface area contributed by atoms with E-state index in [0.29, 0.717) is 0 Å². The van der Waals surface area contributed by atoms with Crippen LogP contribution in [-0.2, 0) is 6.42 Å². The van der Waals surface area contributed by atoms with Crippen molar-refractivity contribution in [2.75, 3.05) is 0 Å². The van der Waals surface area contributed by atoms with E-state index in [1.54, 1.807) is 0 Å². The molecule has 0 aliphatic carbocycles. The Morgan fingerprint density at radius 3 is 2.35 bits per heavy atom. The van der Waals surface area contributed by atoms with Gasteiger partial charge >= 0.3 is 0 Å². The SMILES string of the molecule is C=Cc1ccc(C)cc1-c1ccc(CC)cc1. The van der Waals surface area contributed by atoms with Crippen molar-refractivity contribution >= 4 is 6.08 Å². The van der Waals surface area contributed by atoms with Crippen LogP contribution in [0.4, 0.5) is 0 Å². The summed E-state index contributed by atoms with van der Waals surface area (Å²) in [6.07, 6.45) is 3.00. The van der Waals surface area contributed by atoms with Gasteiger partial charge in [0.2, 0.25) is 0 Å². The third-order valence-corrected chi connectivity index (χ3v) is 3.10. The highest BCUT2D eigenvalue weighted by atomic mass is 14.1. The van der Waals surface area contributed by atoms with E-state index >= 15 is 0 Å². The number of aryl methyl sites for hydroxylation is 2. The first-order chi connectivity index (χ1) is 8.24. The van der Waals surface area contributed by atoms with Crippen molar-refractivity contribution in [1.82, 2.24) is 0 Å². The molecule has 2 rings (SSSR count). The largest absolute Gasteiger partial charge is 0.0984 e. The zero-order valence-electron chi connectivity index (χ0n) is 10.5. The molecule has 2 aromatic rings. The summed E-state index contributed by atoms with van der Waals surface area (Å²) < 4.78 is 0. The van der Waals surface area contributed by atoms with Crippen molar-refractivity contribution in [2.45, 2.75) is 20.3 Å². The second-order valence-electron chi connectivity index (χ2n) is 4.35. The molecule has 0 nitrogen and oxygen atoms in total. The molecule has 0 bridgehead atoms. The number of benzene rings is 2. The van der Waals surface area contributed by atoms with Gasteiger partial charge in [0.05, 0.1) is 0 Å². The maximum atomic E-state index is 3.88. The van der Waals surface area contributed by atoms with Crippen molar-refractivity contribution in [3.63, 3.8) is 0 Å². The standard InChI is InChI=1S/C17H18/c1-4-14-7-10-16(11-8-14)17-12-13(3)6-9-15(17)5-2/h5-12H,2,4H2,1,3H3. The van der Waals surface area contributed by atoms with Crippen LogP contribution < -0.4 is 0 Å². The van der Waals surface area contributed by atoms with Gasteiger partial charge in [-0.15, -0.1) is 0 Å². The minimum absolute atomic E-state index is 1.09. The Labute approximate surface area is 104 Å². The normalized spacial score (nSPS) is 10.2. The smallest absolute Gasteiger partial charge is 0.0109 e. The van der Waals surface area contributed by atoms with E-state index < -0.39 is 0 Å². The first-order valence-corrected chi connectivity index (χ1v) is 6.07. The summed E-state index contributed by atoms with van der Waals surface area (Å²) in [4.78, 5) is 0. The van der Waals surface area contributed by atoms with Crippen LogP contribution in [-0.4, -0.2) is 0 Å². The molecule has 0 heterocycles. The number of hydrogen-bond acceptors (Lipinski definition) is 0. The molecule has 0 saturated carbocycles. The van der Waals surface area contributed by atoms with Crippen LogP contribution in [0.15, 0.2) is 49.0 Å². The molecule has 0 saturated heterocycles. The molecule has 0 spiro atoms. The molecule has 17 heavy (non-hydrogen) atoms. The van der Waals surface area contributed by atoms with Gasteiger partial charge in [0.25, 0.3) is 0 Å². The molecule has 0 amide bonds. The van der Waals surface area contributed by atoms with Crippen LogP contribution in [0.25, 0.3) is 17.2 Å². The van der Waals surface area contributed by atoms with Crippen molar-refractivity contribution in [3.8, 4) is 11.1 Å². The van der Waals surface area contributed by atoms with Crippen molar-refractivity contribution in [2.24, 2.45) is 0 Å². The Morgan fingerprint density at radius 1 is 1.06 bits per heavy atom. The predicted octanol–water partition coefficient (Wildman–Crippen LogP) is 4.87. The lowest BCUT2D eigenvalue weighted by atomic mass is 9.96. The van der Waals surface area contributed by atoms with Crippen LogP contribution in [0.5, 0.6) is 0 Å². The van der Waals surface area contributed by atoms with Gasteiger partial charge in [-0.25, -0.2) is 0 Å². The number of hydrogen-bond donors (Lipinski definition) is 0. The maximum Gasteiger partial charge on any atom is -0.0109 e. The molecular weight excluding hydrogens is 204 g/mol. The fourth-order valence-electron chi connectivity index (χ4n) is 2.02. The molecule has 0 N–H and O–H groups in total. The van der Waals surface area contributed by atoms with Gasteiger partial charge in [-0.05, 0) is 35.6 Å². The Balaban J connectivity index is 2.50. The topological polar surface area (TPSA) is 0 Å². The van der Waals surface area contributed by atoms with Crippen LogP contribution >= 0.6 is 0 Å². The minimum atomic E-state index is 1.09. The highest BCUT2D eigenvalue weighted by Crippen LogP contribution is 2.26. The summed E-state index contributed by atoms with van der Waals surface area (Å²) in [5.41, 5.74) is 6.38. The molecule has 0 atom stereocenters. The molecular formula is C17H18. The lowest BCUT2D eigenvalue weighted by molar-refractivity contribution is 1.14. The number of rotatable bonds is 3. The first kappa shape index (κ1) is 11.7. The van der Waals surface area contributed by atoms with E-state index in [4.69, 9.17) is 0 Å². The quantitative estimate of drug-likeness (QED) is 0.695. The van der Waals surface area contributed by atoms with E-state index in [-0.39, 0.29) is 0 Å². The van der Waals surface area contributed by atoms with Crippen molar-refractivity contribution in [1.29, 1.82) is 0 Å². The third kappa shape index (κ3) is 2.47. The molecule has 0 aromatic heterocycles. The van der Waals surface area contributed by atoms with Gasteiger partial charge in [-0.2, -0.15) is 0 Å². The van der Waals surface area contributed by atoms with Gasteiger partial charge in [0.1, 0.15) is 0 Å². The second kappa shape index (κ2) is 5.01. The zero-order chi connectivity index (χ0) is 12.3. The van der Waals surface area contributed by atoms with Gasteiger partial charge < -0.3 is 0 Å². The zero-order valence-corrected chi connectivity index (χ0v) is 10.5. The average Bonchev–Trinajstić information content (AvgIpc) is 2.39. The predicted molar refractivity (Wildman–Crippen MR) is 76.1 cm³/mol. The summed E-state index contributed by atoms with van der Waals surface area (Å²) in [7, 11) is 0. The summed E-state index contributed by atoms with van der Waals surface area (Å²) in [6.45, 7) is 8.18. The lowest BCUT2D eigenvalue weighted by Crippen LogP contribution is -1.86. The molecule has 0 unspecified atom stereocenters. The van der Waals surface area contributed by atoms with Crippen LogP contribution in [0.3, 0.4) is 0 Å². The lowest BCUT2D eigenvalue weighted by Gasteiger charge is -2.08. The van der Waals surface area contributed by atoms with Crippen LogP contribution in [0.2, 0.25) is 0 Å². The van der Waals surface area contributed by atoms with E-state index in [9.17, 15) is 0 Å². The van der Waals surface area contributed by atoms with Gasteiger partial charge in [-0.1, -0.05) is 67.6 Å². The fraction of sp³-hybridized carbons (Fsp3) is 0.176. The van der Waals surface area contributed by atoms with Crippen LogP contribution in [0, 0.1) is 6.92 Å². The summed E-state index contributed by atoms with van der Waals surface area (Å²) in [5, 5.41) is 0. The highest BCUT2D eigenvalue weighted by Gasteiger charge is 2.03. The van der Waals surface area contributed by atoms with E-state index in [1.807, 2.05) is 6.08 Å². The van der Waals surface area contributed by atoms with Gasteiger partial charge in [0.15, 0.2) is 0 Å². The average molecular weight is 222 g/mol. The summed E-state index contributed by atoms with van der Waals surface area (Å²) in [6, 6.07) is 15.3. The Hall–Kier alpha value is -1.82. The molecule has 0 fully saturated rings. The van der Waals surface area contributed by atoms with Crippen molar-refractivity contribution < 1.29 is 0 Å². The van der Waals surface area contributed by atoms with Gasteiger partial charge in [-0.3, -0.25) is 0 Å². The molecule has 0 aliphatic rings. The second-order valence-corrected chi connectivity index (χ2v) is 4.35. The first-order valence-electron chi connectivity index (χ1n) is 6.07. The van der Waals surface area contributed by atoms with Crippen LogP contribution in [0.1, 0.15) is 23.6 Å². The minimum Gasteiger partial charge on any atom is -0.0984 e. The summed E-state index contributed by atoms with van der Waals surface area (Å²) in [5.74, 6) is 0. The molecule has 2 aromatic carbocycles. The molecule has 86 valence electrons. The Morgan fingerprint density at radius 2 is 1.76 bits per heavy atom. The Kier molecular flexibility index (Phi) is 3.43. The van der Waals surface area contributed by atoms with E-state index in [2.05, 4.69) is 62.9 Å². The fourth-order valence-corrected chi connectivity index (χ4v) is 2.02. The Bertz CT molecular complexity index is 518. The van der Waals surface area contributed by atoms with Gasteiger partial charge in [0, 0.05) is 0 Å². The van der Waals surface area contributed by atoms with E-state index in [0.717, 1.165) is 6.42 Å². The molecule has 0 radical (unpaired) electrons. The molecule has 0 aliphatic heterocycles. The van der Waals surface area contributed by atoms with Crippen molar-refractivity contribution in [3.05, 3.63) is 65.7 Å².